The van der Waals surface area contributed by atoms with Crippen LogP contribution in [0, 0.1) is 5.82 Å². The zero-order valence-electron chi connectivity index (χ0n) is 14.4. The normalized spacial score (nSPS) is 18.3. The quantitative estimate of drug-likeness (QED) is 0.353. The molecule has 3 N–H and O–H groups in total. The first-order valence-corrected chi connectivity index (χ1v) is 8.24. The van der Waals surface area contributed by atoms with Crippen LogP contribution in [-0.4, -0.2) is 48.7 Å². The van der Waals surface area contributed by atoms with E-state index < -0.39 is 0 Å². The second-order valence-electron chi connectivity index (χ2n) is 5.82. The molecule has 1 aliphatic rings. The molecule has 0 aliphatic carbocycles. The molecule has 1 aromatic rings. The van der Waals surface area contributed by atoms with Gasteiger partial charge in [-0.3, -0.25) is 9.89 Å². The van der Waals surface area contributed by atoms with Gasteiger partial charge in [-0.25, -0.2) is 4.39 Å². The lowest BCUT2D eigenvalue weighted by molar-refractivity contribution is 0.267. The molecule has 1 unspecified atom stereocenters. The van der Waals surface area contributed by atoms with E-state index in [0.29, 0.717) is 18.2 Å². The minimum atomic E-state index is -0.375. The average Bonchev–Trinajstić information content (AvgIpc) is 3.03. The average molecular weight is 450 g/mol. The van der Waals surface area contributed by atoms with E-state index in [1.165, 1.54) is 25.5 Å². The number of nitrogens with zero attached hydrogens (tertiary/aromatic N) is 2. The lowest BCUT2D eigenvalue weighted by Crippen LogP contribution is -2.44. The van der Waals surface area contributed by atoms with Crippen LogP contribution in [-0.2, 0) is 13.2 Å². The third-order valence-corrected chi connectivity index (χ3v) is 4.37. The second-order valence-corrected chi connectivity index (χ2v) is 5.82. The molecule has 1 heterocycles. The van der Waals surface area contributed by atoms with Crippen molar-refractivity contribution in [2.75, 3.05) is 26.7 Å². The molecule has 5 nitrogen and oxygen atoms in total. The summed E-state index contributed by atoms with van der Waals surface area (Å²) in [6.07, 6.45) is 2.47. The SMILES string of the molecule is CCN1CCCC1CNC(=NC)NCc1ccc(F)c(CO)c1.I. The summed E-state index contributed by atoms with van der Waals surface area (Å²) >= 11 is 0. The van der Waals surface area contributed by atoms with Crippen molar-refractivity contribution in [3.05, 3.63) is 35.1 Å². The molecule has 1 saturated heterocycles. The molecule has 7 heteroatoms. The Hall–Kier alpha value is -0.930. The molecule has 1 atom stereocenters. The number of aliphatic hydroxyl groups excluding tert-OH is 1. The van der Waals surface area contributed by atoms with Crippen molar-refractivity contribution < 1.29 is 9.50 Å². The predicted molar refractivity (Wildman–Crippen MR) is 106 cm³/mol. The lowest BCUT2D eigenvalue weighted by atomic mass is 10.1. The number of likely N-dealkylation sites (N-methyl/N-ethyl adjacent to an activating group) is 1. The Morgan fingerprint density at radius 2 is 2.21 bits per heavy atom. The van der Waals surface area contributed by atoms with Crippen molar-refractivity contribution in [2.45, 2.75) is 39.0 Å². The van der Waals surface area contributed by atoms with Crippen LogP contribution in [0.4, 0.5) is 4.39 Å². The Morgan fingerprint density at radius 3 is 2.88 bits per heavy atom. The smallest absolute Gasteiger partial charge is 0.191 e. The molecule has 0 spiro atoms. The minimum absolute atomic E-state index is 0. The molecular weight excluding hydrogens is 422 g/mol. The first-order valence-electron chi connectivity index (χ1n) is 8.24. The molecule has 136 valence electrons. The highest BCUT2D eigenvalue weighted by atomic mass is 127. The maximum absolute atomic E-state index is 13.4. The third-order valence-electron chi connectivity index (χ3n) is 4.37. The van der Waals surface area contributed by atoms with E-state index in [9.17, 15) is 4.39 Å². The van der Waals surface area contributed by atoms with E-state index in [4.69, 9.17) is 5.11 Å². The van der Waals surface area contributed by atoms with Crippen LogP contribution < -0.4 is 10.6 Å². The van der Waals surface area contributed by atoms with E-state index in [0.717, 1.165) is 24.6 Å². The van der Waals surface area contributed by atoms with Gasteiger partial charge >= 0.3 is 0 Å². The summed E-state index contributed by atoms with van der Waals surface area (Å²) in [6, 6.07) is 5.33. The number of halogens is 2. The van der Waals surface area contributed by atoms with Crippen LogP contribution in [0.25, 0.3) is 0 Å². The van der Waals surface area contributed by atoms with E-state index in [2.05, 4.69) is 27.4 Å². The van der Waals surface area contributed by atoms with E-state index in [1.807, 2.05) is 0 Å². The number of nitrogens with one attached hydrogen (secondary N) is 2. The number of guanidine groups is 1. The molecule has 0 saturated carbocycles. The van der Waals surface area contributed by atoms with Gasteiger partial charge in [-0.05, 0) is 43.6 Å². The number of aliphatic hydroxyl groups is 1. The summed E-state index contributed by atoms with van der Waals surface area (Å²) in [6.45, 7) is 5.57. The molecule has 0 amide bonds. The van der Waals surface area contributed by atoms with Gasteiger partial charge in [-0.2, -0.15) is 0 Å². The number of benzene rings is 1. The van der Waals surface area contributed by atoms with E-state index in [1.54, 1.807) is 19.2 Å². The zero-order valence-corrected chi connectivity index (χ0v) is 16.7. The van der Waals surface area contributed by atoms with Crippen LogP contribution in [0.15, 0.2) is 23.2 Å². The largest absolute Gasteiger partial charge is 0.392 e. The Bertz CT molecular complexity index is 541. The Morgan fingerprint density at radius 1 is 1.42 bits per heavy atom. The van der Waals surface area contributed by atoms with Gasteiger partial charge in [0.05, 0.1) is 6.61 Å². The number of likely N-dealkylation sites (tertiary alicyclic amines) is 1. The highest BCUT2D eigenvalue weighted by Gasteiger charge is 2.22. The van der Waals surface area contributed by atoms with Gasteiger partial charge in [0.2, 0.25) is 0 Å². The standard InChI is InChI=1S/C17H27FN4O.HI/c1-3-22-8-4-5-15(22)11-21-17(19-2)20-10-13-6-7-16(18)14(9-13)12-23;/h6-7,9,15,23H,3-5,8,10-12H2,1-2H3,(H2,19,20,21);1H. The minimum Gasteiger partial charge on any atom is -0.392 e. The fourth-order valence-corrected chi connectivity index (χ4v) is 3.02. The molecule has 0 bridgehead atoms. The number of hydrogen-bond donors (Lipinski definition) is 3. The van der Waals surface area contributed by atoms with E-state index in [-0.39, 0.29) is 36.4 Å². The maximum atomic E-state index is 13.4. The Kier molecular flexibility index (Phi) is 9.53. The van der Waals surface area contributed by atoms with E-state index >= 15 is 0 Å². The third kappa shape index (κ3) is 5.86. The van der Waals surface area contributed by atoms with Gasteiger partial charge < -0.3 is 15.7 Å². The number of aliphatic imine (C=N–C) groups is 1. The Balaban J connectivity index is 0.00000288. The molecular formula is C17H28FIN4O. The van der Waals surface area contributed by atoms with Gasteiger partial charge in [0.1, 0.15) is 5.82 Å². The summed E-state index contributed by atoms with van der Waals surface area (Å²) in [5.41, 5.74) is 1.23. The molecule has 1 fully saturated rings. The summed E-state index contributed by atoms with van der Waals surface area (Å²) in [4.78, 5) is 6.71. The first kappa shape index (κ1) is 21.1. The molecule has 2 rings (SSSR count). The lowest BCUT2D eigenvalue weighted by Gasteiger charge is -2.24. The zero-order chi connectivity index (χ0) is 16.7. The van der Waals surface area contributed by atoms with Crippen LogP contribution >= 0.6 is 24.0 Å². The first-order chi connectivity index (χ1) is 11.2. The van der Waals surface area contributed by atoms with Crippen LogP contribution in [0.5, 0.6) is 0 Å². The second kappa shape index (κ2) is 10.8. The van der Waals surface area contributed by atoms with Crippen molar-refractivity contribution >= 4 is 29.9 Å². The van der Waals surface area contributed by atoms with Crippen LogP contribution in [0.1, 0.15) is 30.9 Å². The predicted octanol–water partition coefficient (Wildman–Crippen LogP) is 2.09. The van der Waals surface area contributed by atoms with Crippen molar-refractivity contribution in [3.8, 4) is 0 Å². The highest BCUT2D eigenvalue weighted by Crippen LogP contribution is 2.15. The van der Waals surface area contributed by atoms with Crippen molar-refractivity contribution in [3.63, 3.8) is 0 Å². The number of hydrogen-bond acceptors (Lipinski definition) is 3. The fourth-order valence-electron chi connectivity index (χ4n) is 3.02. The van der Waals surface area contributed by atoms with Gasteiger partial charge in [-0.1, -0.05) is 13.0 Å². The van der Waals surface area contributed by atoms with Gasteiger partial charge in [0.15, 0.2) is 5.96 Å². The molecule has 1 aromatic carbocycles. The highest BCUT2D eigenvalue weighted by molar-refractivity contribution is 14.0. The molecule has 1 aliphatic heterocycles. The summed E-state index contributed by atoms with van der Waals surface area (Å²) < 4.78 is 13.4. The van der Waals surface area contributed by atoms with Gasteiger partial charge in [0, 0.05) is 31.7 Å². The molecule has 24 heavy (non-hydrogen) atoms. The van der Waals surface area contributed by atoms with Crippen molar-refractivity contribution in [1.29, 1.82) is 0 Å². The molecule has 0 aromatic heterocycles. The monoisotopic (exact) mass is 450 g/mol. The van der Waals surface area contributed by atoms with Crippen molar-refractivity contribution in [1.82, 2.24) is 15.5 Å². The maximum Gasteiger partial charge on any atom is 0.191 e. The molecule has 0 radical (unpaired) electrons. The number of rotatable bonds is 6. The van der Waals surface area contributed by atoms with Crippen molar-refractivity contribution in [2.24, 2.45) is 4.99 Å². The summed E-state index contributed by atoms with van der Waals surface area (Å²) in [5.74, 6) is 0.363. The van der Waals surface area contributed by atoms with Gasteiger partial charge in [-0.15, -0.1) is 24.0 Å². The summed E-state index contributed by atoms with van der Waals surface area (Å²) in [7, 11) is 1.74. The topological polar surface area (TPSA) is 59.9 Å². The van der Waals surface area contributed by atoms with Gasteiger partial charge in [0.25, 0.3) is 0 Å². The Labute approximate surface area is 160 Å². The summed E-state index contributed by atoms with van der Waals surface area (Å²) in [5, 5.41) is 15.7. The van der Waals surface area contributed by atoms with Crippen LogP contribution in [0.2, 0.25) is 0 Å². The van der Waals surface area contributed by atoms with Crippen LogP contribution in [0.3, 0.4) is 0 Å². The fraction of sp³-hybridized carbons (Fsp3) is 0.588.